The van der Waals surface area contributed by atoms with Crippen LogP contribution < -0.4 is 5.32 Å². The smallest absolute Gasteiger partial charge is 0.352 e. The minimum absolute atomic E-state index is 0.0706. The highest BCUT2D eigenvalue weighted by Crippen LogP contribution is 2.44. The molecule has 0 radical (unpaired) electrons. The van der Waals surface area contributed by atoms with Crippen LogP contribution in [0.3, 0.4) is 0 Å². The van der Waals surface area contributed by atoms with Gasteiger partial charge in [0.05, 0.1) is 0 Å². The summed E-state index contributed by atoms with van der Waals surface area (Å²) in [7, 11) is 0. The average Bonchev–Trinajstić information content (AvgIpc) is 3.04. The molecular formula is C15H16F2N4O2. The minimum Gasteiger partial charge on any atom is -0.383 e. The first-order valence-corrected chi connectivity index (χ1v) is 7.26. The predicted molar refractivity (Wildman–Crippen MR) is 77.0 cm³/mol. The maximum Gasteiger partial charge on any atom is 0.352 e. The van der Waals surface area contributed by atoms with Crippen LogP contribution in [0, 0.1) is 0 Å². The van der Waals surface area contributed by atoms with Crippen molar-refractivity contribution < 1.29 is 18.7 Å². The van der Waals surface area contributed by atoms with Crippen LogP contribution >= 0.6 is 0 Å². The maximum absolute atomic E-state index is 14.0. The van der Waals surface area contributed by atoms with Gasteiger partial charge in [0.15, 0.2) is 5.82 Å². The molecule has 0 spiro atoms. The van der Waals surface area contributed by atoms with E-state index < -0.39 is 17.4 Å². The van der Waals surface area contributed by atoms with Crippen LogP contribution in [0.1, 0.15) is 24.8 Å². The van der Waals surface area contributed by atoms with E-state index in [2.05, 4.69) is 15.4 Å². The molecule has 3 rings (SSSR count). The summed E-state index contributed by atoms with van der Waals surface area (Å²) < 4.78 is 29.5. The summed E-state index contributed by atoms with van der Waals surface area (Å²) in [6.07, 6.45) is 5.13. The minimum atomic E-state index is -3.81. The number of aliphatic hydroxyl groups is 1. The van der Waals surface area contributed by atoms with Gasteiger partial charge in [-0.3, -0.25) is 4.79 Å². The van der Waals surface area contributed by atoms with E-state index >= 15 is 0 Å². The third-order valence-corrected chi connectivity index (χ3v) is 4.08. The van der Waals surface area contributed by atoms with Crippen molar-refractivity contribution in [1.82, 2.24) is 20.1 Å². The number of nitrogens with zero attached hydrogens (tertiary/aromatic N) is 3. The van der Waals surface area contributed by atoms with Crippen LogP contribution in [0.15, 0.2) is 36.8 Å². The Balaban J connectivity index is 1.73. The molecule has 1 amide bonds. The van der Waals surface area contributed by atoms with E-state index in [-0.39, 0.29) is 19.4 Å². The number of pyridine rings is 1. The molecule has 0 bridgehead atoms. The van der Waals surface area contributed by atoms with Crippen LogP contribution in [-0.2, 0) is 11.3 Å². The van der Waals surface area contributed by atoms with Gasteiger partial charge in [0.1, 0.15) is 5.60 Å². The lowest BCUT2D eigenvalue weighted by Gasteiger charge is -2.41. The number of rotatable bonds is 5. The highest BCUT2D eigenvalue weighted by molar-refractivity contribution is 5.85. The Morgan fingerprint density at radius 3 is 2.78 bits per heavy atom. The van der Waals surface area contributed by atoms with E-state index in [4.69, 9.17) is 0 Å². The molecule has 6 nitrogen and oxygen atoms in total. The van der Waals surface area contributed by atoms with Gasteiger partial charge in [-0.15, -0.1) is 0 Å². The van der Waals surface area contributed by atoms with E-state index in [1.807, 2.05) is 0 Å². The molecule has 1 aliphatic carbocycles. The number of carbonyl (C=O) groups is 1. The zero-order valence-electron chi connectivity index (χ0n) is 12.2. The van der Waals surface area contributed by atoms with Crippen molar-refractivity contribution in [3.63, 3.8) is 0 Å². The van der Waals surface area contributed by atoms with Gasteiger partial charge in [0.25, 0.3) is 5.91 Å². The summed E-state index contributed by atoms with van der Waals surface area (Å²) in [5.41, 5.74) is -1.68. The maximum atomic E-state index is 14.0. The summed E-state index contributed by atoms with van der Waals surface area (Å²) in [6, 6.07) is 5.02. The average molecular weight is 322 g/mol. The van der Waals surface area contributed by atoms with Crippen LogP contribution in [0.4, 0.5) is 8.78 Å². The Morgan fingerprint density at radius 1 is 1.39 bits per heavy atom. The SMILES string of the molecule is O=C(NCc1cccnc1-n1cccn1)C(F)(F)C1(O)CCC1. The predicted octanol–water partition coefficient (Wildman–Crippen LogP) is 1.43. The van der Waals surface area contributed by atoms with Crippen molar-refractivity contribution in [2.45, 2.75) is 37.3 Å². The molecule has 0 aromatic carbocycles. The monoisotopic (exact) mass is 322 g/mol. The second-order valence-electron chi connectivity index (χ2n) is 5.58. The normalized spacial score (nSPS) is 16.7. The molecule has 1 saturated carbocycles. The lowest BCUT2D eigenvalue weighted by atomic mass is 9.75. The second-order valence-corrected chi connectivity index (χ2v) is 5.58. The van der Waals surface area contributed by atoms with Gasteiger partial charge < -0.3 is 10.4 Å². The zero-order chi connectivity index (χ0) is 16.5. The molecule has 0 aliphatic heterocycles. The van der Waals surface area contributed by atoms with Crippen LogP contribution in [0.25, 0.3) is 5.82 Å². The van der Waals surface area contributed by atoms with Crippen molar-refractivity contribution in [2.75, 3.05) is 0 Å². The Hall–Kier alpha value is -2.35. The number of carbonyl (C=O) groups excluding carboxylic acids is 1. The van der Waals surface area contributed by atoms with Gasteiger partial charge >= 0.3 is 5.92 Å². The number of hydrogen-bond acceptors (Lipinski definition) is 4. The molecular weight excluding hydrogens is 306 g/mol. The lowest BCUT2D eigenvalue weighted by molar-refractivity contribution is -0.216. The first-order valence-electron chi connectivity index (χ1n) is 7.26. The fourth-order valence-electron chi connectivity index (χ4n) is 2.49. The fraction of sp³-hybridized carbons (Fsp3) is 0.400. The van der Waals surface area contributed by atoms with Gasteiger partial charge in [0, 0.05) is 30.7 Å². The number of hydrogen-bond donors (Lipinski definition) is 2. The summed E-state index contributed by atoms with van der Waals surface area (Å²) >= 11 is 0. The zero-order valence-corrected chi connectivity index (χ0v) is 12.2. The standard InChI is InChI=1S/C15H16F2N4O2/c16-15(17,14(23)5-2-6-14)13(22)19-10-11-4-1-7-18-12(11)21-9-3-8-20-21/h1,3-4,7-9,23H,2,5-6,10H2,(H,19,22). The summed E-state index contributed by atoms with van der Waals surface area (Å²) in [4.78, 5) is 16.0. The Labute approximate surface area is 131 Å². The molecule has 0 atom stereocenters. The van der Waals surface area contributed by atoms with Gasteiger partial charge in [-0.2, -0.15) is 13.9 Å². The molecule has 122 valence electrons. The first-order chi connectivity index (χ1) is 10.9. The van der Waals surface area contributed by atoms with Crippen molar-refractivity contribution in [3.05, 3.63) is 42.4 Å². The molecule has 8 heteroatoms. The van der Waals surface area contributed by atoms with Gasteiger partial charge in [-0.25, -0.2) is 9.67 Å². The molecule has 2 aromatic rings. The molecule has 2 N–H and O–H groups in total. The fourth-order valence-corrected chi connectivity index (χ4v) is 2.49. The van der Waals surface area contributed by atoms with Crippen LogP contribution in [0.5, 0.6) is 0 Å². The van der Waals surface area contributed by atoms with Crippen LogP contribution in [0.2, 0.25) is 0 Å². The van der Waals surface area contributed by atoms with Gasteiger partial charge in [0.2, 0.25) is 0 Å². The van der Waals surface area contributed by atoms with E-state index in [1.54, 1.807) is 36.8 Å². The van der Waals surface area contributed by atoms with Crippen LogP contribution in [-0.4, -0.2) is 37.3 Å². The topological polar surface area (TPSA) is 80.0 Å². The van der Waals surface area contributed by atoms with Gasteiger partial charge in [-0.1, -0.05) is 6.07 Å². The summed E-state index contributed by atoms with van der Waals surface area (Å²) in [5, 5.41) is 16.0. The van der Waals surface area contributed by atoms with Gasteiger partial charge in [-0.05, 0) is 31.4 Å². The number of halogens is 2. The quantitative estimate of drug-likeness (QED) is 0.873. The molecule has 2 heterocycles. The van der Waals surface area contributed by atoms with E-state index in [9.17, 15) is 18.7 Å². The number of aromatic nitrogens is 3. The molecule has 23 heavy (non-hydrogen) atoms. The summed E-state index contributed by atoms with van der Waals surface area (Å²) in [5.74, 6) is -4.84. The van der Waals surface area contributed by atoms with Crippen molar-refractivity contribution in [1.29, 1.82) is 0 Å². The lowest BCUT2D eigenvalue weighted by Crippen LogP contribution is -2.60. The van der Waals surface area contributed by atoms with E-state index in [1.165, 1.54) is 4.68 Å². The molecule has 1 fully saturated rings. The third-order valence-electron chi connectivity index (χ3n) is 4.08. The third kappa shape index (κ3) is 2.70. The molecule has 2 aromatic heterocycles. The Kier molecular flexibility index (Phi) is 3.85. The first kappa shape index (κ1) is 15.5. The van der Waals surface area contributed by atoms with E-state index in [0.717, 1.165) is 0 Å². The van der Waals surface area contributed by atoms with E-state index in [0.29, 0.717) is 17.8 Å². The summed E-state index contributed by atoms with van der Waals surface area (Å²) in [6.45, 7) is -0.131. The number of nitrogens with one attached hydrogen (secondary N) is 1. The Morgan fingerprint density at radius 2 is 2.17 bits per heavy atom. The Bertz CT molecular complexity index is 699. The highest BCUT2D eigenvalue weighted by Gasteiger charge is 2.61. The molecule has 0 unspecified atom stereocenters. The second kappa shape index (κ2) is 5.69. The number of amides is 1. The van der Waals surface area contributed by atoms with Crippen molar-refractivity contribution in [3.8, 4) is 5.82 Å². The largest absolute Gasteiger partial charge is 0.383 e. The molecule has 1 aliphatic rings. The van der Waals surface area contributed by atoms with Crippen molar-refractivity contribution >= 4 is 5.91 Å². The molecule has 0 saturated heterocycles. The van der Waals surface area contributed by atoms with Crippen molar-refractivity contribution in [2.24, 2.45) is 0 Å². The highest BCUT2D eigenvalue weighted by atomic mass is 19.3. The number of alkyl halides is 2.